The van der Waals surface area contributed by atoms with Crippen LogP contribution in [0.25, 0.3) is 0 Å². The molecule has 3 unspecified atom stereocenters. The maximum atomic E-state index is 2.65. The highest BCUT2D eigenvalue weighted by molar-refractivity contribution is 4.89. The molecule has 1 saturated heterocycles. The predicted octanol–water partition coefficient (Wildman–Crippen LogP) is 1.28. The number of likely N-dealkylation sites (tertiary alicyclic amines) is 1. The van der Waals surface area contributed by atoms with Crippen LogP contribution in [0.2, 0.25) is 0 Å². The van der Waals surface area contributed by atoms with Gasteiger partial charge in [0, 0.05) is 19.1 Å². The Morgan fingerprint density at radius 3 is 2.54 bits per heavy atom. The van der Waals surface area contributed by atoms with Gasteiger partial charge in [-0.3, -0.25) is 0 Å². The molecule has 0 aromatic heterocycles. The average molecular weight is 182 g/mol. The molecule has 2 heteroatoms. The number of rotatable bonds is 3. The Labute approximate surface area is 81.9 Å². The predicted molar refractivity (Wildman–Crippen MR) is 55.8 cm³/mol. The minimum atomic E-state index is 0.814. The second-order valence-electron chi connectivity index (χ2n) is 5.14. The normalized spacial score (nSPS) is 40.2. The van der Waals surface area contributed by atoms with Gasteiger partial charge in [0.25, 0.3) is 0 Å². The summed E-state index contributed by atoms with van der Waals surface area (Å²) >= 11 is 0. The summed E-state index contributed by atoms with van der Waals surface area (Å²) in [5.74, 6) is 2.04. The minimum Gasteiger partial charge on any atom is -0.305 e. The second kappa shape index (κ2) is 3.58. The smallest absolute Gasteiger partial charge is 0.0229 e. The van der Waals surface area contributed by atoms with Crippen molar-refractivity contribution in [1.29, 1.82) is 0 Å². The van der Waals surface area contributed by atoms with E-state index in [0.29, 0.717) is 0 Å². The van der Waals surface area contributed by atoms with Gasteiger partial charge in [0.1, 0.15) is 0 Å². The first-order valence-electron chi connectivity index (χ1n) is 5.55. The molecule has 1 aliphatic heterocycles. The molecule has 2 aliphatic rings. The Balaban J connectivity index is 1.72. The summed E-state index contributed by atoms with van der Waals surface area (Å²) in [4.78, 5) is 5.02. The maximum Gasteiger partial charge on any atom is 0.0229 e. The zero-order valence-corrected chi connectivity index (χ0v) is 9.16. The maximum absolute atomic E-state index is 2.65. The lowest BCUT2D eigenvalue weighted by Gasteiger charge is -2.20. The molecule has 0 bridgehead atoms. The fourth-order valence-corrected chi connectivity index (χ4v) is 2.38. The van der Waals surface area contributed by atoms with Gasteiger partial charge in [0.2, 0.25) is 0 Å². The van der Waals surface area contributed by atoms with E-state index in [0.717, 1.165) is 17.9 Å². The summed E-state index contributed by atoms with van der Waals surface area (Å²) in [6, 6.07) is 0.814. The van der Waals surface area contributed by atoms with Gasteiger partial charge >= 0.3 is 0 Å². The van der Waals surface area contributed by atoms with Crippen molar-refractivity contribution in [2.75, 3.05) is 33.7 Å². The Morgan fingerprint density at radius 2 is 2.08 bits per heavy atom. The van der Waals surface area contributed by atoms with Crippen molar-refractivity contribution in [2.45, 2.75) is 25.8 Å². The van der Waals surface area contributed by atoms with Crippen LogP contribution in [-0.2, 0) is 0 Å². The fraction of sp³-hybridized carbons (Fsp3) is 1.00. The van der Waals surface area contributed by atoms with Crippen LogP contribution < -0.4 is 0 Å². The Bertz CT molecular complexity index is 179. The third kappa shape index (κ3) is 2.23. The Kier molecular flexibility index (Phi) is 2.61. The van der Waals surface area contributed by atoms with Gasteiger partial charge in [-0.25, -0.2) is 0 Å². The molecule has 0 amide bonds. The summed E-state index contributed by atoms with van der Waals surface area (Å²) < 4.78 is 0. The molecule has 1 saturated carbocycles. The van der Waals surface area contributed by atoms with E-state index in [1.165, 1.54) is 32.5 Å². The molecular formula is C11H22N2. The van der Waals surface area contributed by atoms with Crippen LogP contribution in [0.1, 0.15) is 19.8 Å². The Morgan fingerprint density at radius 1 is 1.38 bits per heavy atom. The zero-order chi connectivity index (χ0) is 9.42. The van der Waals surface area contributed by atoms with Gasteiger partial charge in [0.05, 0.1) is 0 Å². The van der Waals surface area contributed by atoms with E-state index in [2.05, 4.69) is 30.8 Å². The topological polar surface area (TPSA) is 6.48 Å². The van der Waals surface area contributed by atoms with Gasteiger partial charge < -0.3 is 9.80 Å². The van der Waals surface area contributed by atoms with Crippen molar-refractivity contribution in [1.82, 2.24) is 9.80 Å². The molecule has 13 heavy (non-hydrogen) atoms. The first-order chi connectivity index (χ1) is 6.16. The van der Waals surface area contributed by atoms with Crippen LogP contribution in [0.15, 0.2) is 0 Å². The molecule has 76 valence electrons. The third-order valence-electron chi connectivity index (χ3n) is 3.75. The van der Waals surface area contributed by atoms with E-state index in [-0.39, 0.29) is 0 Å². The first kappa shape index (κ1) is 9.47. The zero-order valence-electron chi connectivity index (χ0n) is 9.16. The van der Waals surface area contributed by atoms with Gasteiger partial charge in [-0.05, 0) is 45.3 Å². The lowest BCUT2D eigenvalue weighted by atomic mass is 10.2. The SMILES string of the molecule is CC1CC1CN1CCC(N(C)C)C1. The number of nitrogens with zero attached hydrogens (tertiary/aromatic N) is 2. The third-order valence-corrected chi connectivity index (χ3v) is 3.75. The van der Waals surface area contributed by atoms with Crippen molar-refractivity contribution < 1.29 is 0 Å². The highest BCUT2D eigenvalue weighted by Crippen LogP contribution is 2.38. The van der Waals surface area contributed by atoms with Crippen molar-refractivity contribution in [3.8, 4) is 0 Å². The molecular weight excluding hydrogens is 160 g/mol. The molecule has 0 N–H and O–H groups in total. The van der Waals surface area contributed by atoms with Crippen molar-refractivity contribution >= 4 is 0 Å². The molecule has 2 nitrogen and oxygen atoms in total. The summed E-state index contributed by atoms with van der Waals surface area (Å²) in [7, 11) is 4.40. The molecule has 0 radical (unpaired) electrons. The van der Waals surface area contributed by atoms with Crippen LogP contribution in [0.4, 0.5) is 0 Å². The van der Waals surface area contributed by atoms with E-state index in [4.69, 9.17) is 0 Å². The van der Waals surface area contributed by atoms with Crippen molar-refractivity contribution in [2.24, 2.45) is 11.8 Å². The monoisotopic (exact) mass is 182 g/mol. The van der Waals surface area contributed by atoms with E-state index >= 15 is 0 Å². The molecule has 0 aromatic carbocycles. The van der Waals surface area contributed by atoms with E-state index in [1.54, 1.807) is 0 Å². The van der Waals surface area contributed by atoms with Crippen LogP contribution in [0.5, 0.6) is 0 Å². The van der Waals surface area contributed by atoms with Crippen LogP contribution in [0.3, 0.4) is 0 Å². The van der Waals surface area contributed by atoms with Gasteiger partial charge in [0.15, 0.2) is 0 Å². The molecule has 1 heterocycles. The summed E-state index contributed by atoms with van der Waals surface area (Å²) in [5.41, 5.74) is 0. The quantitative estimate of drug-likeness (QED) is 0.649. The number of hydrogen-bond donors (Lipinski definition) is 0. The molecule has 2 rings (SSSR count). The largest absolute Gasteiger partial charge is 0.305 e. The number of likely N-dealkylation sites (N-methyl/N-ethyl adjacent to an activating group) is 1. The fourth-order valence-electron chi connectivity index (χ4n) is 2.38. The minimum absolute atomic E-state index is 0.814. The second-order valence-corrected chi connectivity index (χ2v) is 5.14. The first-order valence-corrected chi connectivity index (χ1v) is 5.55. The lowest BCUT2D eigenvalue weighted by molar-refractivity contribution is 0.261. The number of hydrogen-bond acceptors (Lipinski definition) is 2. The van der Waals surface area contributed by atoms with E-state index in [1.807, 2.05) is 0 Å². The van der Waals surface area contributed by atoms with Crippen molar-refractivity contribution in [3.63, 3.8) is 0 Å². The summed E-state index contributed by atoms with van der Waals surface area (Å²) in [5, 5.41) is 0. The van der Waals surface area contributed by atoms with Gasteiger partial charge in [-0.15, -0.1) is 0 Å². The molecule has 3 atom stereocenters. The van der Waals surface area contributed by atoms with E-state index in [9.17, 15) is 0 Å². The highest BCUT2D eigenvalue weighted by atomic mass is 15.2. The van der Waals surface area contributed by atoms with Crippen LogP contribution in [-0.4, -0.2) is 49.6 Å². The molecule has 1 aliphatic carbocycles. The summed E-state index contributed by atoms with van der Waals surface area (Å²) in [6.45, 7) is 6.37. The molecule has 0 spiro atoms. The summed E-state index contributed by atoms with van der Waals surface area (Å²) in [6.07, 6.45) is 2.84. The standard InChI is InChI=1S/C11H22N2/c1-9-6-10(9)7-13-5-4-11(8-13)12(2)3/h9-11H,4-8H2,1-3H3. The highest BCUT2D eigenvalue weighted by Gasteiger charge is 2.35. The van der Waals surface area contributed by atoms with Crippen LogP contribution >= 0.6 is 0 Å². The molecule has 0 aromatic rings. The lowest BCUT2D eigenvalue weighted by Crippen LogP contribution is -2.32. The average Bonchev–Trinajstić information content (AvgIpc) is 2.61. The van der Waals surface area contributed by atoms with Crippen LogP contribution in [0, 0.1) is 11.8 Å². The van der Waals surface area contributed by atoms with E-state index < -0.39 is 0 Å². The van der Waals surface area contributed by atoms with Gasteiger partial charge in [-0.2, -0.15) is 0 Å². The molecule has 2 fully saturated rings. The van der Waals surface area contributed by atoms with Crippen molar-refractivity contribution in [3.05, 3.63) is 0 Å². The van der Waals surface area contributed by atoms with Gasteiger partial charge in [-0.1, -0.05) is 6.92 Å². The Hall–Kier alpha value is -0.0800.